The number of nitriles is 1. The minimum atomic E-state index is -0.702. The van der Waals surface area contributed by atoms with Crippen LogP contribution in [0.15, 0.2) is 53.0 Å². The van der Waals surface area contributed by atoms with Gasteiger partial charge in [-0.05, 0) is 42.7 Å². The second-order valence-corrected chi connectivity index (χ2v) is 5.79. The molecule has 0 aliphatic heterocycles. The van der Waals surface area contributed by atoms with Crippen molar-refractivity contribution in [2.75, 3.05) is 5.32 Å². The van der Waals surface area contributed by atoms with E-state index in [0.717, 1.165) is 15.6 Å². The lowest BCUT2D eigenvalue weighted by atomic mass is 10.00. The van der Waals surface area contributed by atoms with E-state index in [1.165, 1.54) is 0 Å². The molecule has 106 valence electrons. The van der Waals surface area contributed by atoms with E-state index in [0.29, 0.717) is 12.1 Å². The average Bonchev–Trinajstić information content (AvgIpc) is 2.44. The topological polar surface area (TPSA) is 52.9 Å². The lowest BCUT2D eigenvalue weighted by Crippen LogP contribution is -2.23. The Labute approximate surface area is 132 Å². The van der Waals surface area contributed by atoms with E-state index in [-0.39, 0.29) is 5.91 Å². The highest BCUT2D eigenvalue weighted by molar-refractivity contribution is 9.10. The Morgan fingerprint density at radius 2 is 2.00 bits per heavy atom. The van der Waals surface area contributed by atoms with E-state index in [4.69, 9.17) is 0 Å². The summed E-state index contributed by atoms with van der Waals surface area (Å²) in [6.45, 7) is 1.95. The molecule has 1 amide bonds. The van der Waals surface area contributed by atoms with Crippen LogP contribution >= 0.6 is 15.9 Å². The monoisotopic (exact) mass is 342 g/mol. The molecule has 3 nitrogen and oxygen atoms in total. The SMILES string of the molecule is Cc1cc(Br)cc(NC(=O)C(C#N)Cc2ccccc2)c1. The van der Waals surface area contributed by atoms with Crippen LogP contribution in [0.5, 0.6) is 0 Å². The Kier molecular flexibility index (Phi) is 5.13. The van der Waals surface area contributed by atoms with Crippen molar-refractivity contribution >= 4 is 27.5 Å². The molecule has 0 saturated carbocycles. The normalized spacial score (nSPS) is 11.5. The van der Waals surface area contributed by atoms with Gasteiger partial charge < -0.3 is 5.32 Å². The first kappa shape index (κ1) is 15.3. The van der Waals surface area contributed by atoms with Gasteiger partial charge in [0, 0.05) is 10.2 Å². The van der Waals surface area contributed by atoms with Gasteiger partial charge in [-0.2, -0.15) is 5.26 Å². The zero-order valence-corrected chi connectivity index (χ0v) is 13.2. The van der Waals surface area contributed by atoms with Crippen molar-refractivity contribution in [3.05, 3.63) is 64.1 Å². The third kappa shape index (κ3) is 4.44. The molecule has 0 radical (unpaired) electrons. The number of carbonyl (C=O) groups excluding carboxylic acids is 1. The van der Waals surface area contributed by atoms with E-state index < -0.39 is 5.92 Å². The molecule has 0 heterocycles. The van der Waals surface area contributed by atoms with E-state index in [9.17, 15) is 10.1 Å². The van der Waals surface area contributed by atoms with E-state index in [2.05, 4.69) is 27.3 Å². The van der Waals surface area contributed by atoms with Crippen molar-refractivity contribution in [1.29, 1.82) is 5.26 Å². The fourth-order valence-electron chi connectivity index (χ4n) is 2.08. The van der Waals surface area contributed by atoms with Crippen LogP contribution in [0, 0.1) is 24.2 Å². The number of nitrogens with zero attached hydrogens (tertiary/aromatic N) is 1. The lowest BCUT2D eigenvalue weighted by Gasteiger charge is -2.11. The molecule has 1 atom stereocenters. The summed E-state index contributed by atoms with van der Waals surface area (Å²) in [7, 11) is 0. The van der Waals surface area contributed by atoms with E-state index >= 15 is 0 Å². The molecule has 0 bridgehead atoms. The molecule has 0 aliphatic carbocycles. The molecule has 2 aromatic carbocycles. The minimum Gasteiger partial charge on any atom is -0.325 e. The molecule has 0 aromatic heterocycles. The van der Waals surface area contributed by atoms with Gasteiger partial charge in [-0.3, -0.25) is 4.79 Å². The molecule has 0 spiro atoms. The van der Waals surface area contributed by atoms with Crippen LogP contribution in [0.2, 0.25) is 0 Å². The number of rotatable bonds is 4. The number of hydrogen-bond acceptors (Lipinski definition) is 2. The van der Waals surface area contributed by atoms with Crippen LogP contribution in [0.3, 0.4) is 0 Å². The van der Waals surface area contributed by atoms with Crippen molar-refractivity contribution in [3.8, 4) is 6.07 Å². The highest BCUT2D eigenvalue weighted by Gasteiger charge is 2.18. The van der Waals surface area contributed by atoms with E-state index in [1.54, 1.807) is 0 Å². The summed E-state index contributed by atoms with van der Waals surface area (Å²) in [5.41, 5.74) is 2.71. The highest BCUT2D eigenvalue weighted by atomic mass is 79.9. The predicted molar refractivity (Wildman–Crippen MR) is 86.8 cm³/mol. The summed E-state index contributed by atoms with van der Waals surface area (Å²) < 4.78 is 0.898. The number of benzene rings is 2. The van der Waals surface area contributed by atoms with Crippen LogP contribution in [0.1, 0.15) is 11.1 Å². The molecule has 2 aromatic rings. The Balaban J connectivity index is 2.08. The standard InChI is InChI=1S/C17H15BrN2O/c1-12-7-15(18)10-16(8-12)20-17(21)14(11-19)9-13-5-3-2-4-6-13/h2-8,10,14H,9H2,1H3,(H,20,21). The molecular weight excluding hydrogens is 328 g/mol. The third-order valence-corrected chi connectivity index (χ3v) is 3.52. The maximum atomic E-state index is 12.2. The van der Waals surface area contributed by atoms with Crippen LogP contribution in [-0.4, -0.2) is 5.91 Å². The molecule has 0 fully saturated rings. The average molecular weight is 343 g/mol. The Morgan fingerprint density at radius 3 is 2.62 bits per heavy atom. The quantitative estimate of drug-likeness (QED) is 0.909. The molecule has 21 heavy (non-hydrogen) atoms. The number of halogens is 1. The van der Waals surface area contributed by atoms with Crippen LogP contribution in [0.25, 0.3) is 0 Å². The lowest BCUT2D eigenvalue weighted by molar-refractivity contribution is -0.118. The Morgan fingerprint density at radius 1 is 1.29 bits per heavy atom. The van der Waals surface area contributed by atoms with Crippen molar-refractivity contribution < 1.29 is 4.79 Å². The highest BCUT2D eigenvalue weighted by Crippen LogP contribution is 2.20. The van der Waals surface area contributed by atoms with Crippen molar-refractivity contribution in [2.45, 2.75) is 13.3 Å². The minimum absolute atomic E-state index is 0.279. The van der Waals surface area contributed by atoms with Crippen molar-refractivity contribution in [1.82, 2.24) is 0 Å². The number of anilines is 1. The van der Waals surface area contributed by atoms with Crippen molar-refractivity contribution in [3.63, 3.8) is 0 Å². The van der Waals surface area contributed by atoms with E-state index in [1.807, 2.05) is 55.5 Å². The van der Waals surface area contributed by atoms with Gasteiger partial charge in [0.25, 0.3) is 0 Å². The van der Waals surface area contributed by atoms with Gasteiger partial charge in [-0.25, -0.2) is 0 Å². The van der Waals surface area contributed by atoms with Gasteiger partial charge in [-0.15, -0.1) is 0 Å². The second kappa shape index (κ2) is 7.05. The van der Waals surface area contributed by atoms with Crippen LogP contribution in [0.4, 0.5) is 5.69 Å². The number of nitrogens with one attached hydrogen (secondary N) is 1. The first-order valence-electron chi connectivity index (χ1n) is 6.60. The smallest absolute Gasteiger partial charge is 0.242 e. The van der Waals surface area contributed by atoms with Crippen LogP contribution in [-0.2, 0) is 11.2 Å². The zero-order valence-electron chi connectivity index (χ0n) is 11.6. The van der Waals surface area contributed by atoms with Gasteiger partial charge in [0.1, 0.15) is 5.92 Å². The maximum Gasteiger partial charge on any atom is 0.242 e. The Bertz CT molecular complexity index is 657. The van der Waals surface area contributed by atoms with Crippen LogP contribution < -0.4 is 5.32 Å². The maximum absolute atomic E-state index is 12.2. The number of hydrogen-bond donors (Lipinski definition) is 1. The molecule has 2 rings (SSSR count). The fourth-order valence-corrected chi connectivity index (χ4v) is 2.69. The first-order chi connectivity index (χ1) is 10.1. The first-order valence-corrected chi connectivity index (χ1v) is 7.39. The molecule has 0 aliphatic rings. The number of aryl methyl sites for hydroxylation is 1. The van der Waals surface area contributed by atoms with Crippen molar-refractivity contribution in [2.24, 2.45) is 5.92 Å². The summed E-state index contributed by atoms with van der Waals surface area (Å²) in [4.78, 5) is 12.2. The summed E-state index contributed by atoms with van der Waals surface area (Å²) in [6, 6.07) is 17.3. The van der Waals surface area contributed by atoms with Gasteiger partial charge in [0.15, 0.2) is 0 Å². The molecule has 1 unspecified atom stereocenters. The zero-order chi connectivity index (χ0) is 15.2. The Hall–Kier alpha value is -2.12. The summed E-state index contributed by atoms with van der Waals surface area (Å²) >= 11 is 3.39. The molecular formula is C17H15BrN2O. The summed E-state index contributed by atoms with van der Waals surface area (Å²) in [5, 5.41) is 12.0. The van der Waals surface area contributed by atoms with Gasteiger partial charge in [0.2, 0.25) is 5.91 Å². The molecule has 4 heteroatoms. The molecule has 0 saturated heterocycles. The van der Waals surface area contributed by atoms with Gasteiger partial charge in [-0.1, -0.05) is 46.3 Å². The second-order valence-electron chi connectivity index (χ2n) is 4.88. The summed E-state index contributed by atoms with van der Waals surface area (Å²) in [5.74, 6) is -0.981. The molecule has 1 N–H and O–H groups in total. The number of carbonyl (C=O) groups is 1. The van der Waals surface area contributed by atoms with Gasteiger partial charge >= 0.3 is 0 Å². The fraction of sp³-hybridized carbons (Fsp3) is 0.176. The third-order valence-electron chi connectivity index (χ3n) is 3.06. The predicted octanol–water partition coefficient (Wildman–Crippen LogP) is 4.08. The summed E-state index contributed by atoms with van der Waals surface area (Å²) in [6.07, 6.45) is 0.413. The largest absolute Gasteiger partial charge is 0.325 e. The number of amides is 1. The van der Waals surface area contributed by atoms with Gasteiger partial charge in [0.05, 0.1) is 6.07 Å².